The van der Waals surface area contributed by atoms with E-state index in [1.54, 1.807) is 6.07 Å². The second kappa shape index (κ2) is 7.50. The highest BCUT2D eigenvalue weighted by molar-refractivity contribution is 6.30. The van der Waals surface area contributed by atoms with Gasteiger partial charge in [-0.2, -0.15) is 0 Å². The minimum Gasteiger partial charge on any atom is -0.205 e. The third-order valence-electron chi connectivity index (χ3n) is 4.06. The Hall–Kier alpha value is -1.26. The molecular weight excluding hydrogens is 271 g/mol. The average molecular weight is 291 g/mol. The second-order valence-electron chi connectivity index (χ2n) is 5.45. The van der Waals surface area contributed by atoms with Crippen LogP contribution in [0.15, 0.2) is 30.4 Å². The SMILES string of the molecule is CC[C@H]1CC[C@H](/C=C/C#Cc2ccc(Cl)c(F)c2)CC1. The predicted molar refractivity (Wildman–Crippen MR) is 83.2 cm³/mol. The molecule has 106 valence electrons. The van der Waals surface area contributed by atoms with Crippen LogP contribution >= 0.6 is 11.6 Å². The molecule has 0 aromatic heterocycles. The molecule has 2 heteroatoms. The van der Waals surface area contributed by atoms with E-state index in [0.717, 1.165) is 5.92 Å². The van der Waals surface area contributed by atoms with Gasteiger partial charge >= 0.3 is 0 Å². The van der Waals surface area contributed by atoms with Crippen LogP contribution in [0, 0.1) is 29.5 Å². The first-order valence-electron chi connectivity index (χ1n) is 7.32. The van der Waals surface area contributed by atoms with E-state index >= 15 is 0 Å². The minimum absolute atomic E-state index is 0.138. The van der Waals surface area contributed by atoms with Crippen LogP contribution in [0.5, 0.6) is 0 Å². The molecule has 0 saturated heterocycles. The van der Waals surface area contributed by atoms with Crippen LogP contribution in [0.3, 0.4) is 0 Å². The highest BCUT2D eigenvalue weighted by atomic mass is 35.5. The van der Waals surface area contributed by atoms with E-state index in [1.165, 1.54) is 44.2 Å². The lowest BCUT2D eigenvalue weighted by Gasteiger charge is -2.25. The van der Waals surface area contributed by atoms with Crippen molar-refractivity contribution in [2.45, 2.75) is 39.0 Å². The number of rotatable bonds is 2. The molecule has 0 amide bonds. The normalized spacial score (nSPS) is 22.6. The fourth-order valence-corrected chi connectivity index (χ4v) is 2.79. The van der Waals surface area contributed by atoms with E-state index in [-0.39, 0.29) is 5.02 Å². The molecule has 0 N–H and O–H groups in total. The molecule has 1 aromatic carbocycles. The summed E-state index contributed by atoms with van der Waals surface area (Å²) >= 11 is 5.63. The summed E-state index contributed by atoms with van der Waals surface area (Å²) in [4.78, 5) is 0. The molecule has 0 nitrogen and oxygen atoms in total. The van der Waals surface area contributed by atoms with Crippen molar-refractivity contribution < 1.29 is 4.39 Å². The molecule has 0 unspecified atom stereocenters. The van der Waals surface area contributed by atoms with Crippen molar-refractivity contribution in [1.82, 2.24) is 0 Å². The van der Waals surface area contributed by atoms with Gasteiger partial charge in [0.05, 0.1) is 5.02 Å². The maximum absolute atomic E-state index is 13.2. The first-order chi connectivity index (χ1) is 9.69. The molecular formula is C18H20ClF. The summed E-state index contributed by atoms with van der Waals surface area (Å²) in [5.74, 6) is 7.08. The molecule has 0 spiro atoms. The largest absolute Gasteiger partial charge is 0.205 e. The third-order valence-corrected chi connectivity index (χ3v) is 4.36. The second-order valence-corrected chi connectivity index (χ2v) is 5.85. The molecule has 1 aromatic rings. The van der Waals surface area contributed by atoms with Crippen molar-refractivity contribution in [2.75, 3.05) is 0 Å². The number of halogens is 2. The van der Waals surface area contributed by atoms with Gasteiger partial charge in [0.25, 0.3) is 0 Å². The van der Waals surface area contributed by atoms with Crippen LogP contribution in [0.2, 0.25) is 5.02 Å². The Kier molecular flexibility index (Phi) is 5.68. The van der Waals surface area contributed by atoms with Crippen LogP contribution in [-0.2, 0) is 0 Å². The third kappa shape index (κ3) is 4.39. The summed E-state index contributed by atoms with van der Waals surface area (Å²) in [5, 5.41) is 0.138. The zero-order valence-electron chi connectivity index (χ0n) is 11.8. The van der Waals surface area contributed by atoms with Gasteiger partial charge < -0.3 is 0 Å². The van der Waals surface area contributed by atoms with E-state index in [9.17, 15) is 4.39 Å². The first kappa shape index (κ1) is 15.1. The van der Waals surface area contributed by atoms with Crippen molar-refractivity contribution >= 4 is 11.6 Å². The van der Waals surface area contributed by atoms with Crippen LogP contribution < -0.4 is 0 Å². The molecule has 20 heavy (non-hydrogen) atoms. The van der Waals surface area contributed by atoms with Gasteiger partial charge in [0, 0.05) is 5.56 Å². The molecule has 0 aliphatic heterocycles. The standard InChI is InChI=1S/C18H20ClF/c1-2-14-7-9-15(10-8-14)5-3-4-6-16-11-12-17(19)18(20)13-16/h3,5,11-15H,2,7-10H2,1H3/b5-3+/t14-,15-. The van der Waals surface area contributed by atoms with Crippen LogP contribution in [0.4, 0.5) is 4.39 Å². The van der Waals surface area contributed by atoms with Gasteiger partial charge in [-0.1, -0.05) is 42.9 Å². The topological polar surface area (TPSA) is 0 Å². The molecule has 0 atom stereocenters. The summed E-state index contributed by atoms with van der Waals surface area (Å²) in [5.41, 5.74) is 0.659. The Labute approximate surface area is 126 Å². The Morgan fingerprint density at radius 1 is 1.30 bits per heavy atom. The molecule has 2 rings (SSSR count). The molecule has 1 fully saturated rings. The van der Waals surface area contributed by atoms with E-state index in [1.807, 2.05) is 6.08 Å². The van der Waals surface area contributed by atoms with Gasteiger partial charge in [0.1, 0.15) is 5.82 Å². The van der Waals surface area contributed by atoms with E-state index < -0.39 is 5.82 Å². The minimum atomic E-state index is -0.416. The van der Waals surface area contributed by atoms with Crippen molar-refractivity contribution in [2.24, 2.45) is 11.8 Å². The Bertz CT molecular complexity index is 528. The maximum atomic E-state index is 13.2. The van der Waals surface area contributed by atoms with Gasteiger partial charge in [0.2, 0.25) is 0 Å². The summed E-state index contributed by atoms with van der Waals surface area (Å²) in [6.07, 6.45) is 10.6. The molecule has 1 saturated carbocycles. The summed E-state index contributed by atoms with van der Waals surface area (Å²) in [6, 6.07) is 4.64. The Morgan fingerprint density at radius 3 is 2.70 bits per heavy atom. The molecule has 1 aliphatic rings. The van der Waals surface area contributed by atoms with Crippen LogP contribution in [0.1, 0.15) is 44.6 Å². The number of hydrogen-bond donors (Lipinski definition) is 0. The Balaban J connectivity index is 1.87. The molecule has 0 bridgehead atoms. The number of hydrogen-bond acceptors (Lipinski definition) is 0. The van der Waals surface area contributed by atoms with Gasteiger partial charge in [-0.3, -0.25) is 0 Å². The maximum Gasteiger partial charge on any atom is 0.143 e. The zero-order chi connectivity index (χ0) is 14.4. The fourth-order valence-electron chi connectivity index (χ4n) is 2.67. The smallest absolute Gasteiger partial charge is 0.143 e. The van der Waals surface area contributed by atoms with E-state index in [0.29, 0.717) is 11.5 Å². The molecule has 1 aliphatic carbocycles. The first-order valence-corrected chi connectivity index (χ1v) is 7.70. The van der Waals surface area contributed by atoms with Crippen molar-refractivity contribution in [1.29, 1.82) is 0 Å². The van der Waals surface area contributed by atoms with Gasteiger partial charge in [-0.05, 0) is 61.8 Å². The predicted octanol–water partition coefficient (Wildman–Crippen LogP) is 5.60. The summed E-state index contributed by atoms with van der Waals surface area (Å²) in [6.45, 7) is 2.28. The molecule has 0 heterocycles. The van der Waals surface area contributed by atoms with Gasteiger partial charge in [-0.15, -0.1) is 0 Å². The van der Waals surface area contributed by atoms with Crippen molar-refractivity contribution in [3.8, 4) is 11.8 Å². The van der Waals surface area contributed by atoms with E-state index in [2.05, 4.69) is 24.8 Å². The average Bonchev–Trinajstić information content (AvgIpc) is 2.48. The highest BCUT2D eigenvalue weighted by Gasteiger charge is 2.17. The van der Waals surface area contributed by atoms with Gasteiger partial charge in [0.15, 0.2) is 0 Å². The lowest BCUT2D eigenvalue weighted by molar-refractivity contribution is 0.304. The van der Waals surface area contributed by atoms with Gasteiger partial charge in [-0.25, -0.2) is 4.39 Å². The lowest BCUT2D eigenvalue weighted by atomic mass is 9.81. The monoisotopic (exact) mass is 290 g/mol. The van der Waals surface area contributed by atoms with Crippen molar-refractivity contribution in [3.63, 3.8) is 0 Å². The number of benzene rings is 1. The zero-order valence-corrected chi connectivity index (χ0v) is 12.6. The highest BCUT2D eigenvalue weighted by Crippen LogP contribution is 2.31. The Morgan fingerprint density at radius 2 is 2.05 bits per heavy atom. The van der Waals surface area contributed by atoms with E-state index in [4.69, 9.17) is 11.6 Å². The fraction of sp³-hybridized carbons (Fsp3) is 0.444. The lowest BCUT2D eigenvalue weighted by Crippen LogP contribution is -2.11. The quantitative estimate of drug-likeness (QED) is 0.622. The molecule has 0 radical (unpaired) electrons. The van der Waals surface area contributed by atoms with Crippen LogP contribution in [-0.4, -0.2) is 0 Å². The summed E-state index contributed by atoms with van der Waals surface area (Å²) in [7, 11) is 0. The van der Waals surface area contributed by atoms with Crippen LogP contribution in [0.25, 0.3) is 0 Å². The van der Waals surface area contributed by atoms with Crippen molar-refractivity contribution in [3.05, 3.63) is 46.8 Å². The summed E-state index contributed by atoms with van der Waals surface area (Å²) < 4.78 is 13.2. The number of allylic oxidation sites excluding steroid dienone is 2.